The quantitative estimate of drug-likeness (QED) is 0.236. The van der Waals surface area contributed by atoms with Crippen molar-refractivity contribution in [1.82, 2.24) is 16.0 Å². The molecule has 7 N–H and O–H groups in total. The molecule has 0 aromatic heterocycles. The zero-order valence-electron chi connectivity index (χ0n) is 20.4. The van der Waals surface area contributed by atoms with E-state index in [0.29, 0.717) is 18.4 Å². The van der Waals surface area contributed by atoms with Crippen molar-refractivity contribution in [3.05, 3.63) is 65.7 Å². The number of hydrogen-bond acceptors (Lipinski definition) is 6. The van der Waals surface area contributed by atoms with Gasteiger partial charge in [0.25, 0.3) is 0 Å². The summed E-state index contributed by atoms with van der Waals surface area (Å²) in [5.74, 6) is -3.29. The summed E-state index contributed by atoms with van der Waals surface area (Å²) >= 11 is 0. The Morgan fingerprint density at radius 3 is 2.08 bits per heavy atom. The SMILES string of the molecule is CCC(C)C(NC(=O)C(Cc1ccc(O)cc1)NC(=O)CNC(=O)C(N)Cc1ccccc1)C(=O)O. The summed E-state index contributed by atoms with van der Waals surface area (Å²) in [4.78, 5) is 49.6. The fourth-order valence-electron chi connectivity index (χ4n) is 3.52. The van der Waals surface area contributed by atoms with Gasteiger partial charge in [0.15, 0.2) is 0 Å². The molecule has 0 saturated carbocycles. The maximum atomic E-state index is 13.0. The summed E-state index contributed by atoms with van der Waals surface area (Å²) in [6, 6.07) is 12.2. The Balaban J connectivity index is 2.03. The van der Waals surface area contributed by atoms with Crippen LogP contribution in [0.4, 0.5) is 0 Å². The molecule has 4 unspecified atom stereocenters. The van der Waals surface area contributed by atoms with Gasteiger partial charge in [-0.25, -0.2) is 4.79 Å². The molecule has 194 valence electrons. The summed E-state index contributed by atoms with van der Waals surface area (Å²) in [7, 11) is 0. The van der Waals surface area contributed by atoms with Gasteiger partial charge in [-0.2, -0.15) is 0 Å². The van der Waals surface area contributed by atoms with Crippen LogP contribution in [0.2, 0.25) is 0 Å². The van der Waals surface area contributed by atoms with Crippen molar-refractivity contribution < 1.29 is 29.4 Å². The molecule has 36 heavy (non-hydrogen) atoms. The number of phenols is 1. The second kappa shape index (κ2) is 13.8. The van der Waals surface area contributed by atoms with Crippen LogP contribution in [0.5, 0.6) is 5.75 Å². The number of hydrogen-bond donors (Lipinski definition) is 6. The Kier molecular flexibility index (Phi) is 10.9. The number of aromatic hydroxyl groups is 1. The first-order valence-electron chi connectivity index (χ1n) is 11.8. The van der Waals surface area contributed by atoms with E-state index in [1.165, 1.54) is 12.1 Å². The third-order valence-corrected chi connectivity index (χ3v) is 5.86. The molecule has 0 saturated heterocycles. The number of carbonyl (C=O) groups is 4. The number of aliphatic carboxylic acids is 1. The summed E-state index contributed by atoms with van der Waals surface area (Å²) in [5.41, 5.74) is 7.46. The zero-order chi connectivity index (χ0) is 26.7. The highest BCUT2D eigenvalue weighted by molar-refractivity contribution is 5.92. The van der Waals surface area contributed by atoms with Crippen LogP contribution in [0, 0.1) is 5.92 Å². The lowest BCUT2D eigenvalue weighted by molar-refractivity contribution is -0.143. The van der Waals surface area contributed by atoms with E-state index in [1.54, 1.807) is 19.1 Å². The van der Waals surface area contributed by atoms with E-state index in [0.717, 1.165) is 5.56 Å². The first-order valence-corrected chi connectivity index (χ1v) is 11.8. The number of carboxylic acid groups (broad SMARTS) is 1. The lowest BCUT2D eigenvalue weighted by Crippen LogP contribution is -2.55. The van der Waals surface area contributed by atoms with Crippen molar-refractivity contribution in [1.29, 1.82) is 0 Å². The van der Waals surface area contributed by atoms with Gasteiger partial charge in [0.1, 0.15) is 17.8 Å². The predicted molar refractivity (Wildman–Crippen MR) is 134 cm³/mol. The molecule has 0 aliphatic carbocycles. The van der Waals surface area contributed by atoms with Crippen molar-refractivity contribution in [2.24, 2.45) is 11.7 Å². The first kappa shape index (κ1) is 28.3. The van der Waals surface area contributed by atoms with E-state index in [9.17, 15) is 29.4 Å². The number of carboxylic acids is 1. The van der Waals surface area contributed by atoms with Crippen LogP contribution in [0.15, 0.2) is 54.6 Å². The average molecular weight is 499 g/mol. The molecule has 0 heterocycles. The van der Waals surface area contributed by atoms with Crippen LogP contribution >= 0.6 is 0 Å². The molecule has 2 aromatic carbocycles. The fraction of sp³-hybridized carbons (Fsp3) is 0.385. The van der Waals surface area contributed by atoms with Crippen molar-refractivity contribution in [2.75, 3.05) is 6.54 Å². The molecule has 0 radical (unpaired) electrons. The van der Waals surface area contributed by atoms with Crippen molar-refractivity contribution in [3.8, 4) is 5.75 Å². The summed E-state index contributed by atoms with van der Waals surface area (Å²) < 4.78 is 0. The highest BCUT2D eigenvalue weighted by Crippen LogP contribution is 2.13. The first-order chi connectivity index (χ1) is 17.1. The Labute approximate surface area is 210 Å². The minimum absolute atomic E-state index is 0.0426. The maximum Gasteiger partial charge on any atom is 0.326 e. The molecule has 3 amide bonds. The smallest absolute Gasteiger partial charge is 0.326 e. The molecule has 0 spiro atoms. The number of rotatable bonds is 13. The van der Waals surface area contributed by atoms with Crippen LogP contribution < -0.4 is 21.7 Å². The second-order valence-corrected chi connectivity index (χ2v) is 8.71. The van der Waals surface area contributed by atoms with Gasteiger partial charge in [0.05, 0.1) is 12.6 Å². The van der Waals surface area contributed by atoms with E-state index < -0.39 is 48.4 Å². The summed E-state index contributed by atoms with van der Waals surface area (Å²) in [6.07, 6.45) is 0.875. The van der Waals surface area contributed by atoms with Crippen LogP contribution in [-0.4, -0.2) is 58.6 Å². The van der Waals surface area contributed by atoms with Gasteiger partial charge < -0.3 is 31.9 Å². The Morgan fingerprint density at radius 2 is 1.50 bits per heavy atom. The molecule has 2 rings (SSSR count). The molecule has 0 aliphatic heterocycles. The van der Waals surface area contributed by atoms with Gasteiger partial charge in [0.2, 0.25) is 17.7 Å². The van der Waals surface area contributed by atoms with Gasteiger partial charge in [0, 0.05) is 6.42 Å². The van der Waals surface area contributed by atoms with E-state index >= 15 is 0 Å². The predicted octanol–water partition coefficient (Wildman–Crippen LogP) is 0.721. The lowest BCUT2D eigenvalue weighted by atomic mass is 9.98. The van der Waals surface area contributed by atoms with E-state index in [4.69, 9.17) is 5.73 Å². The minimum Gasteiger partial charge on any atom is -0.508 e. The van der Waals surface area contributed by atoms with Crippen molar-refractivity contribution in [2.45, 2.75) is 51.2 Å². The highest BCUT2D eigenvalue weighted by atomic mass is 16.4. The fourth-order valence-corrected chi connectivity index (χ4v) is 3.52. The summed E-state index contributed by atoms with van der Waals surface area (Å²) in [5, 5.41) is 26.6. The van der Waals surface area contributed by atoms with Crippen LogP contribution in [-0.2, 0) is 32.0 Å². The molecule has 0 aliphatic rings. The lowest BCUT2D eigenvalue weighted by Gasteiger charge is -2.24. The maximum absolute atomic E-state index is 13.0. The zero-order valence-corrected chi connectivity index (χ0v) is 20.4. The third-order valence-electron chi connectivity index (χ3n) is 5.86. The number of benzene rings is 2. The van der Waals surface area contributed by atoms with Crippen LogP contribution in [0.3, 0.4) is 0 Å². The number of amides is 3. The standard InChI is InChI=1S/C26H34N4O6/c1-3-16(2)23(26(35)36)30-25(34)21(14-18-9-11-19(31)12-10-18)29-22(32)15-28-24(33)20(27)13-17-7-5-4-6-8-17/h4-12,16,20-21,23,31H,3,13-15,27H2,1-2H3,(H,28,33)(H,29,32)(H,30,34)(H,35,36). The third kappa shape index (κ3) is 9.03. The second-order valence-electron chi connectivity index (χ2n) is 8.71. The number of phenolic OH excluding ortho intramolecular Hbond substituents is 1. The van der Waals surface area contributed by atoms with Gasteiger partial charge in [-0.15, -0.1) is 0 Å². The Hall–Kier alpha value is -3.92. The Morgan fingerprint density at radius 1 is 0.889 bits per heavy atom. The molecule has 10 heteroatoms. The highest BCUT2D eigenvalue weighted by Gasteiger charge is 2.30. The number of nitrogens with two attached hydrogens (primary N) is 1. The van der Waals surface area contributed by atoms with Gasteiger partial charge in [-0.3, -0.25) is 14.4 Å². The monoisotopic (exact) mass is 498 g/mol. The number of nitrogens with one attached hydrogen (secondary N) is 3. The van der Waals surface area contributed by atoms with Crippen molar-refractivity contribution >= 4 is 23.7 Å². The summed E-state index contributed by atoms with van der Waals surface area (Å²) in [6.45, 7) is 3.11. The van der Waals surface area contributed by atoms with Gasteiger partial charge in [-0.05, 0) is 35.6 Å². The van der Waals surface area contributed by atoms with Crippen molar-refractivity contribution in [3.63, 3.8) is 0 Å². The number of carbonyl (C=O) groups excluding carboxylic acids is 3. The van der Waals surface area contributed by atoms with Crippen LogP contribution in [0.1, 0.15) is 31.4 Å². The van der Waals surface area contributed by atoms with E-state index in [-0.39, 0.29) is 18.1 Å². The molecule has 0 bridgehead atoms. The average Bonchev–Trinajstić information content (AvgIpc) is 2.86. The normalized spacial score (nSPS) is 14.1. The van der Waals surface area contributed by atoms with Crippen LogP contribution in [0.25, 0.3) is 0 Å². The van der Waals surface area contributed by atoms with Gasteiger partial charge >= 0.3 is 5.97 Å². The molecule has 10 nitrogen and oxygen atoms in total. The molecular weight excluding hydrogens is 464 g/mol. The van der Waals surface area contributed by atoms with E-state index in [1.807, 2.05) is 37.3 Å². The molecule has 4 atom stereocenters. The largest absolute Gasteiger partial charge is 0.508 e. The topological polar surface area (TPSA) is 171 Å². The Bertz CT molecular complexity index is 1030. The minimum atomic E-state index is -1.17. The molecular formula is C26H34N4O6. The molecule has 0 fully saturated rings. The van der Waals surface area contributed by atoms with E-state index in [2.05, 4.69) is 16.0 Å². The van der Waals surface area contributed by atoms with Gasteiger partial charge in [-0.1, -0.05) is 62.7 Å². The molecule has 2 aromatic rings.